The van der Waals surface area contributed by atoms with Crippen molar-refractivity contribution >= 4 is 29.2 Å². The first kappa shape index (κ1) is 23.7. The van der Waals surface area contributed by atoms with Gasteiger partial charge in [0.2, 0.25) is 5.91 Å². The number of carboxylic acid groups (broad SMARTS) is 1. The molecule has 2 atom stereocenters. The molecule has 0 saturated carbocycles. The smallest absolute Gasteiger partial charge is 0.472 e. The van der Waals surface area contributed by atoms with E-state index in [0.717, 1.165) is 25.7 Å². The molecule has 1 aliphatic heterocycles. The molecule has 2 unspecified atom stereocenters. The quantitative estimate of drug-likeness (QED) is 0.0789. The third-order valence-corrected chi connectivity index (χ3v) is 5.43. The Balaban J connectivity index is 2.02. The van der Waals surface area contributed by atoms with Crippen molar-refractivity contribution in [2.45, 2.75) is 51.6 Å². The number of hydrogen-bond donors (Lipinski definition) is 2. The van der Waals surface area contributed by atoms with Gasteiger partial charge in [-0.25, -0.2) is 9.59 Å². The van der Waals surface area contributed by atoms with Crippen LogP contribution in [0.5, 0.6) is 0 Å². The zero-order valence-electron chi connectivity index (χ0n) is 17.1. The number of aliphatic carboxylic acids is 1. The lowest BCUT2D eigenvalue weighted by Gasteiger charge is -2.20. The molecule has 0 bridgehead atoms. The van der Waals surface area contributed by atoms with E-state index in [1.807, 2.05) is 6.92 Å². The Hall–Kier alpha value is -3.59. The molecule has 0 radical (unpaired) electrons. The number of nitrogens with one attached hydrogen (secondary N) is 1. The normalized spacial score (nSPS) is 18.5. The van der Waals surface area contributed by atoms with Gasteiger partial charge >= 0.3 is 17.7 Å². The van der Waals surface area contributed by atoms with Gasteiger partial charge < -0.3 is 20.7 Å². The highest BCUT2D eigenvalue weighted by Gasteiger charge is 2.37. The lowest BCUT2D eigenvalue weighted by atomic mass is 9.83. The maximum Gasteiger partial charge on any atom is 0.482 e. The number of nitro benzene ring substituents is 1. The van der Waals surface area contributed by atoms with Gasteiger partial charge in [0.05, 0.1) is 4.92 Å². The van der Waals surface area contributed by atoms with Gasteiger partial charge in [-0.3, -0.25) is 14.9 Å². The number of esters is 1. The van der Waals surface area contributed by atoms with Crippen LogP contribution in [-0.2, 0) is 19.1 Å². The summed E-state index contributed by atoms with van der Waals surface area (Å²) in [6.07, 6.45) is 3.08. The summed E-state index contributed by atoms with van der Waals surface area (Å²) in [5.74, 6) is -3.00. The number of carbonyl (C=O) groups is 3. The molecule has 11 heteroatoms. The van der Waals surface area contributed by atoms with Crippen molar-refractivity contribution in [2.24, 2.45) is 5.41 Å². The van der Waals surface area contributed by atoms with Gasteiger partial charge in [-0.1, -0.05) is 19.8 Å². The maximum absolute atomic E-state index is 12.1. The molecule has 2 N–H and O–H groups in total. The van der Waals surface area contributed by atoms with E-state index in [0.29, 0.717) is 24.9 Å². The summed E-state index contributed by atoms with van der Waals surface area (Å²) in [6, 6.07) is 5.37. The summed E-state index contributed by atoms with van der Waals surface area (Å²) in [4.78, 5) is 47.7. The van der Waals surface area contributed by atoms with Crippen molar-refractivity contribution in [3.8, 4) is 0 Å². The zero-order chi connectivity index (χ0) is 23.0. The largest absolute Gasteiger partial charge is 0.482 e. The molecule has 1 amide bonds. The molecule has 166 valence electrons. The molecule has 1 fully saturated rings. The standard InChI is InChI=1S/C20H24N4O7/c1-20(11-12-22-19(20)28)10-4-2-3-5-15(31-18(27)16(23-21)17(25)26)13-6-8-14(9-7-13)24(29)30/h6-9,15H,2-5,10-12H2,1H3,(H,22,28)(H,25,26). The summed E-state index contributed by atoms with van der Waals surface area (Å²) >= 11 is 0. The Kier molecular flexibility index (Phi) is 7.98. The van der Waals surface area contributed by atoms with E-state index >= 15 is 0 Å². The number of benzene rings is 1. The lowest BCUT2D eigenvalue weighted by Crippen LogP contribution is -2.28. The first-order valence-corrected chi connectivity index (χ1v) is 9.87. The van der Waals surface area contributed by atoms with E-state index in [2.05, 4.69) is 10.1 Å². The third-order valence-electron chi connectivity index (χ3n) is 5.43. The minimum atomic E-state index is -1.74. The van der Waals surface area contributed by atoms with Crippen LogP contribution < -0.4 is 5.32 Å². The number of hydrogen-bond acceptors (Lipinski definition) is 6. The molecular weight excluding hydrogens is 408 g/mol. The van der Waals surface area contributed by atoms with Crippen molar-refractivity contribution in [1.29, 1.82) is 0 Å². The minimum Gasteiger partial charge on any atom is -0.472 e. The van der Waals surface area contributed by atoms with Crippen LogP contribution in [0.2, 0.25) is 0 Å². The topological polar surface area (TPSA) is 172 Å². The van der Waals surface area contributed by atoms with Crippen molar-refractivity contribution in [2.75, 3.05) is 6.54 Å². The Morgan fingerprint density at radius 2 is 2.00 bits per heavy atom. The van der Waals surface area contributed by atoms with Crippen molar-refractivity contribution in [3.63, 3.8) is 0 Å². The molecule has 0 aliphatic carbocycles. The van der Waals surface area contributed by atoms with Crippen LogP contribution in [0.15, 0.2) is 24.3 Å². The van der Waals surface area contributed by atoms with Gasteiger partial charge in [-0.2, -0.15) is 4.79 Å². The maximum atomic E-state index is 12.1. The van der Waals surface area contributed by atoms with Gasteiger partial charge in [-0.05, 0) is 43.4 Å². The SMILES string of the molecule is CC1(CCCCCC(OC(=O)C(=[N+]=[N-])C(=O)O)c2ccc([N+](=O)[O-])cc2)CCNC1=O. The Morgan fingerprint density at radius 3 is 2.52 bits per heavy atom. The first-order valence-electron chi connectivity index (χ1n) is 9.87. The third kappa shape index (κ3) is 6.19. The fraction of sp³-hybridized carbons (Fsp3) is 0.500. The Morgan fingerprint density at radius 1 is 1.32 bits per heavy atom. The van der Waals surface area contributed by atoms with E-state index in [-0.39, 0.29) is 17.0 Å². The van der Waals surface area contributed by atoms with Crippen LogP contribution in [-0.4, -0.2) is 44.9 Å². The second kappa shape index (κ2) is 10.4. The zero-order valence-corrected chi connectivity index (χ0v) is 17.1. The van der Waals surface area contributed by atoms with Crippen molar-refractivity contribution in [3.05, 3.63) is 45.5 Å². The summed E-state index contributed by atoms with van der Waals surface area (Å²) in [7, 11) is 0. The fourth-order valence-electron chi connectivity index (χ4n) is 3.50. The molecule has 2 rings (SSSR count). The average molecular weight is 432 g/mol. The Labute approximate surface area is 178 Å². The van der Waals surface area contributed by atoms with E-state index in [9.17, 15) is 24.5 Å². The second-order valence-corrected chi connectivity index (χ2v) is 7.66. The van der Waals surface area contributed by atoms with Crippen molar-refractivity contribution < 1.29 is 33.9 Å². The van der Waals surface area contributed by atoms with Gasteiger partial charge in [-0.15, -0.1) is 0 Å². The van der Waals surface area contributed by atoms with Crippen LogP contribution in [0.4, 0.5) is 5.69 Å². The molecule has 31 heavy (non-hydrogen) atoms. The van der Waals surface area contributed by atoms with Crippen LogP contribution in [0.1, 0.15) is 57.1 Å². The van der Waals surface area contributed by atoms with E-state index in [1.54, 1.807) is 0 Å². The highest BCUT2D eigenvalue weighted by Crippen LogP contribution is 2.33. The number of nitrogens with zero attached hydrogens (tertiary/aromatic N) is 3. The number of nitro groups is 1. The number of amides is 1. The lowest BCUT2D eigenvalue weighted by molar-refractivity contribution is -0.384. The predicted molar refractivity (Wildman–Crippen MR) is 107 cm³/mol. The number of rotatable bonds is 11. The molecule has 1 aliphatic rings. The highest BCUT2D eigenvalue weighted by molar-refractivity contribution is 6.60. The van der Waals surface area contributed by atoms with Crippen LogP contribution in [0.25, 0.3) is 5.53 Å². The predicted octanol–water partition coefficient (Wildman–Crippen LogP) is 2.41. The second-order valence-electron chi connectivity index (χ2n) is 7.66. The molecule has 1 saturated heterocycles. The molecule has 0 aromatic heterocycles. The van der Waals surface area contributed by atoms with E-state index in [1.165, 1.54) is 24.3 Å². The first-order chi connectivity index (χ1) is 14.7. The van der Waals surface area contributed by atoms with Crippen LogP contribution in [0.3, 0.4) is 0 Å². The van der Waals surface area contributed by atoms with E-state index < -0.39 is 28.7 Å². The summed E-state index contributed by atoms with van der Waals surface area (Å²) in [5.41, 5.74) is 7.51. The van der Waals surface area contributed by atoms with Gasteiger partial charge in [0, 0.05) is 24.1 Å². The molecule has 1 heterocycles. The van der Waals surface area contributed by atoms with Crippen LogP contribution >= 0.6 is 0 Å². The number of carbonyl (C=O) groups excluding carboxylic acids is 2. The summed E-state index contributed by atoms with van der Waals surface area (Å²) < 4.78 is 5.22. The van der Waals surface area contributed by atoms with E-state index in [4.69, 9.17) is 15.4 Å². The van der Waals surface area contributed by atoms with Gasteiger partial charge in [0.25, 0.3) is 5.69 Å². The molecule has 1 aromatic rings. The number of unbranched alkanes of at least 4 members (excludes halogenated alkanes) is 2. The molecule has 0 spiro atoms. The van der Waals surface area contributed by atoms with Crippen molar-refractivity contribution in [1.82, 2.24) is 5.32 Å². The molecular formula is C20H24N4O7. The minimum absolute atomic E-state index is 0.0506. The Bertz CT molecular complexity index is 909. The summed E-state index contributed by atoms with van der Waals surface area (Å²) in [6.45, 7) is 2.60. The average Bonchev–Trinajstić information content (AvgIpc) is 3.05. The number of non-ortho nitro benzene ring substituents is 1. The number of carboxylic acids is 1. The summed E-state index contributed by atoms with van der Waals surface area (Å²) in [5, 5.41) is 22.6. The monoisotopic (exact) mass is 432 g/mol. The van der Waals surface area contributed by atoms with Gasteiger partial charge in [0.15, 0.2) is 0 Å². The molecule has 11 nitrogen and oxygen atoms in total. The van der Waals surface area contributed by atoms with Gasteiger partial charge in [0.1, 0.15) is 6.10 Å². The molecule has 1 aromatic carbocycles. The fourth-order valence-corrected chi connectivity index (χ4v) is 3.50. The van der Waals surface area contributed by atoms with Crippen LogP contribution in [0, 0.1) is 15.5 Å². The highest BCUT2D eigenvalue weighted by atomic mass is 16.6. The number of ether oxygens (including phenoxy) is 1.